The first-order chi connectivity index (χ1) is 7.18. The molecule has 0 saturated heterocycles. The number of hydrogen-bond acceptors (Lipinski definition) is 2. The van der Waals surface area contributed by atoms with E-state index in [9.17, 15) is 8.78 Å². The van der Waals surface area contributed by atoms with Gasteiger partial charge in [-0.2, -0.15) is 0 Å². The molecule has 4 heteroatoms. The van der Waals surface area contributed by atoms with E-state index in [1.165, 1.54) is 18.3 Å². The van der Waals surface area contributed by atoms with E-state index in [0.29, 0.717) is 5.56 Å². The molecule has 0 fully saturated rings. The summed E-state index contributed by atoms with van der Waals surface area (Å²) in [7, 11) is 0. The molecule has 0 unspecified atom stereocenters. The first-order valence-corrected chi connectivity index (χ1v) is 4.34. The van der Waals surface area contributed by atoms with E-state index in [-0.39, 0.29) is 11.4 Å². The van der Waals surface area contributed by atoms with Gasteiger partial charge in [0.25, 0.3) is 0 Å². The summed E-state index contributed by atoms with van der Waals surface area (Å²) in [6, 6.07) is 6.64. The molecule has 0 aliphatic rings. The molecule has 0 bridgehead atoms. The molecule has 15 heavy (non-hydrogen) atoms. The predicted octanol–water partition coefficient (Wildman–Crippen LogP) is 2.61. The van der Waals surface area contributed by atoms with Crippen LogP contribution in [0.25, 0.3) is 11.1 Å². The second kappa shape index (κ2) is 3.65. The lowest BCUT2D eigenvalue weighted by Crippen LogP contribution is -1.95. The molecule has 0 aliphatic heterocycles. The van der Waals surface area contributed by atoms with Crippen molar-refractivity contribution in [1.82, 2.24) is 4.98 Å². The molecule has 2 nitrogen and oxygen atoms in total. The highest BCUT2D eigenvalue weighted by atomic mass is 19.1. The minimum absolute atomic E-state index is 0.225. The maximum Gasteiger partial charge on any atom is 0.134 e. The minimum Gasteiger partial charge on any atom is -0.383 e. The Hall–Kier alpha value is -1.97. The van der Waals surface area contributed by atoms with Crippen molar-refractivity contribution in [2.45, 2.75) is 0 Å². The van der Waals surface area contributed by atoms with Crippen LogP contribution in [0, 0.1) is 11.6 Å². The largest absolute Gasteiger partial charge is 0.383 e. The highest BCUT2D eigenvalue weighted by molar-refractivity contribution is 5.73. The molecule has 1 aromatic heterocycles. The van der Waals surface area contributed by atoms with Crippen LogP contribution in [0.2, 0.25) is 0 Å². The topological polar surface area (TPSA) is 38.9 Å². The summed E-state index contributed by atoms with van der Waals surface area (Å²) in [5.74, 6) is -1.03. The van der Waals surface area contributed by atoms with Crippen LogP contribution in [-0.4, -0.2) is 4.98 Å². The molecule has 2 rings (SSSR count). The monoisotopic (exact) mass is 206 g/mol. The predicted molar refractivity (Wildman–Crippen MR) is 54.0 cm³/mol. The van der Waals surface area contributed by atoms with E-state index in [1.807, 2.05) is 0 Å². The van der Waals surface area contributed by atoms with Crippen LogP contribution in [-0.2, 0) is 0 Å². The third-order valence-electron chi connectivity index (χ3n) is 2.06. The van der Waals surface area contributed by atoms with Crippen LogP contribution in [0.15, 0.2) is 36.5 Å². The van der Waals surface area contributed by atoms with E-state index in [2.05, 4.69) is 4.98 Å². The fraction of sp³-hybridized carbons (Fsp3) is 0. The lowest BCUT2D eigenvalue weighted by molar-refractivity contribution is 0.585. The lowest BCUT2D eigenvalue weighted by atomic mass is 10.1. The van der Waals surface area contributed by atoms with Gasteiger partial charge in [0, 0.05) is 23.4 Å². The zero-order valence-corrected chi connectivity index (χ0v) is 7.74. The summed E-state index contributed by atoms with van der Waals surface area (Å²) in [5.41, 5.74) is 6.31. The van der Waals surface area contributed by atoms with Gasteiger partial charge in [-0.15, -0.1) is 0 Å². The number of halogens is 2. The van der Waals surface area contributed by atoms with E-state index in [1.54, 1.807) is 12.1 Å². The molecular formula is C11H8F2N2. The minimum atomic E-state index is -0.644. The number of nitrogens with zero attached hydrogens (tertiary/aromatic N) is 1. The molecule has 0 saturated carbocycles. The number of pyridine rings is 1. The number of aromatic nitrogens is 1. The van der Waals surface area contributed by atoms with Gasteiger partial charge in [-0.3, -0.25) is 0 Å². The fourth-order valence-electron chi connectivity index (χ4n) is 1.35. The van der Waals surface area contributed by atoms with Crippen LogP contribution >= 0.6 is 0 Å². The smallest absolute Gasteiger partial charge is 0.134 e. The zero-order chi connectivity index (χ0) is 10.8. The third kappa shape index (κ3) is 1.79. The van der Waals surface area contributed by atoms with Crippen LogP contribution in [0.4, 0.5) is 14.6 Å². The molecule has 0 aliphatic carbocycles. The third-order valence-corrected chi connectivity index (χ3v) is 2.06. The van der Waals surface area contributed by atoms with Crippen molar-refractivity contribution in [3.63, 3.8) is 0 Å². The molecule has 2 aromatic rings. The number of nitrogen functional groups attached to an aromatic ring is 1. The van der Waals surface area contributed by atoms with Gasteiger partial charge in [-0.25, -0.2) is 13.8 Å². The van der Waals surface area contributed by atoms with E-state index < -0.39 is 11.6 Å². The second-order valence-electron chi connectivity index (χ2n) is 3.06. The molecule has 0 amide bonds. The van der Waals surface area contributed by atoms with Gasteiger partial charge in [-0.1, -0.05) is 0 Å². The zero-order valence-electron chi connectivity index (χ0n) is 7.74. The van der Waals surface area contributed by atoms with Crippen molar-refractivity contribution in [1.29, 1.82) is 0 Å². The van der Waals surface area contributed by atoms with Crippen molar-refractivity contribution in [3.05, 3.63) is 48.2 Å². The van der Waals surface area contributed by atoms with Gasteiger partial charge < -0.3 is 5.73 Å². The van der Waals surface area contributed by atoms with Gasteiger partial charge in [-0.05, 0) is 24.3 Å². The number of rotatable bonds is 1. The number of hydrogen-bond donors (Lipinski definition) is 1. The fourth-order valence-corrected chi connectivity index (χ4v) is 1.35. The Morgan fingerprint density at radius 1 is 1.07 bits per heavy atom. The Balaban J connectivity index is 2.60. The quantitative estimate of drug-likeness (QED) is 0.778. The van der Waals surface area contributed by atoms with Crippen LogP contribution < -0.4 is 5.73 Å². The maximum atomic E-state index is 13.4. The molecule has 76 valence electrons. The Morgan fingerprint density at radius 2 is 1.87 bits per heavy atom. The number of nitrogens with two attached hydrogens (primary N) is 1. The van der Waals surface area contributed by atoms with Gasteiger partial charge in [0.15, 0.2) is 0 Å². The second-order valence-corrected chi connectivity index (χ2v) is 3.06. The van der Waals surface area contributed by atoms with Gasteiger partial charge in [0.1, 0.15) is 17.5 Å². The van der Waals surface area contributed by atoms with E-state index in [4.69, 9.17) is 5.73 Å². The molecular weight excluding hydrogens is 198 g/mol. The summed E-state index contributed by atoms with van der Waals surface area (Å²) in [6.45, 7) is 0. The summed E-state index contributed by atoms with van der Waals surface area (Å²) >= 11 is 0. The maximum absolute atomic E-state index is 13.4. The molecule has 0 atom stereocenters. The Labute approximate surface area is 85.4 Å². The summed E-state index contributed by atoms with van der Waals surface area (Å²) in [6.07, 6.45) is 1.51. The molecule has 1 heterocycles. The number of anilines is 1. The first kappa shape index (κ1) is 9.58. The normalized spacial score (nSPS) is 10.3. The van der Waals surface area contributed by atoms with E-state index >= 15 is 0 Å². The average molecular weight is 206 g/mol. The van der Waals surface area contributed by atoms with Crippen molar-refractivity contribution in [2.75, 3.05) is 5.73 Å². The van der Waals surface area contributed by atoms with Crippen LogP contribution in [0.3, 0.4) is 0 Å². The van der Waals surface area contributed by atoms with Gasteiger partial charge >= 0.3 is 0 Å². The van der Waals surface area contributed by atoms with Crippen LogP contribution in [0.1, 0.15) is 0 Å². The van der Waals surface area contributed by atoms with Crippen molar-refractivity contribution >= 4 is 5.82 Å². The highest BCUT2D eigenvalue weighted by Gasteiger charge is 2.09. The summed E-state index contributed by atoms with van der Waals surface area (Å²) < 4.78 is 26.1. The SMILES string of the molecule is Nc1ncccc1-c1ccc(F)cc1F. The number of benzene rings is 1. The Kier molecular flexibility index (Phi) is 2.33. The molecule has 1 aromatic carbocycles. The Bertz CT molecular complexity index is 498. The average Bonchev–Trinajstić information content (AvgIpc) is 2.20. The summed E-state index contributed by atoms with van der Waals surface area (Å²) in [5, 5.41) is 0. The summed E-state index contributed by atoms with van der Waals surface area (Å²) in [4.78, 5) is 3.84. The molecule has 0 radical (unpaired) electrons. The lowest BCUT2D eigenvalue weighted by Gasteiger charge is -2.05. The van der Waals surface area contributed by atoms with Crippen molar-refractivity contribution in [2.24, 2.45) is 0 Å². The first-order valence-electron chi connectivity index (χ1n) is 4.34. The Morgan fingerprint density at radius 3 is 2.53 bits per heavy atom. The van der Waals surface area contributed by atoms with Crippen molar-refractivity contribution in [3.8, 4) is 11.1 Å². The van der Waals surface area contributed by atoms with Crippen molar-refractivity contribution < 1.29 is 8.78 Å². The standard InChI is InChI=1S/C11H8F2N2/c12-7-3-4-8(10(13)6-7)9-2-1-5-15-11(9)14/h1-6H,(H2,14,15). The highest BCUT2D eigenvalue weighted by Crippen LogP contribution is 2.26. The van der Waals surface area contributed by atoms with Gasteiger partial charge in [0.05, 0.1) is 0 Å². The molecule has 2 N–H and O–H groups in total. The molecule has 0 spiro atoms. The van der Waals surface area contributed by atoms with Crippen LogP contribution in [0.5, 0.6) is 0 Å². The van der Waals surface area contributed by atoms with Gasteiger partial charge in [0.2, 0.25) is 0 Å². The van der Waals surface area contributed by atoms with E-state index in [0.717, 1.165) is 6.07 Å².